The molecule has 0 aliphatic heterocycles. The number of benzene rings is 2. The molecule has 105 valence electrons. The van der Waals surface area contributed by atoms with E-state index in [0.29, 0.717) is 0 Å². The summed E-state index contributed by atoms with van der Waals surface area (Å²) in [7, 11) is 0. The maximum atomic E-state index is 5.24. The molecular weight excluding hydrogens is 455 g/mol. The first kappa shape index (κ1) is 16.9. The molecule has 0 spiro atoms. The first-order chi connectivity index (χ1) is 8.75. The van der Waals surface area contributed by atoms with Gasteiger partial charge in [0.05, 0.1) is 0 Å². The molecule has 4 heteroatoms. The fourth-order valence-corrected chi connectivity index (χ4v) is 2.14. The minimum absolute atomic E-state index is 0. The van der Waals surface area contributed by atoms with Crippen molar-refractivity contribution >= 4 is 25.3 Å². The van der Waals surface area contributed by atoms with Crippen LogP contribution in [-0.4, -0.2) is 9.61 Å². The van der Waals surface area contributed by atoms with E-state index in [0.717, 1.165) is 13.1 Å². The van der Waals surface area contributed by atoms with E-state index in [9.17, 15) is 0 Å². The van der Waals surface area contributed by atoms with Gasteiger partial charge in [0.2, 0.25) is 0 Å². The van der Waals surface area contributed by atoms with Gasteiger partial charge in [-0.1, -0.05) is 60.7 Å². The van der Waals surface area contributed by atoms with Crippen LogP contribution in [0.25, 0.3) is 0 Å². The van der Waals surface area contributed by atoms with Crippen LogP contribution in [0.15, 0.2) is 60.7 Å². The zero-order valence-electron chi connectivity index (χ0n) is 10.3. The Hall–Kier alpha value is -0.160. The quantitative estimate of drug-likeness (QED) is 0.489. The summed E-state index contributed by atoms with van der Waals surface area (Å²) in [4.78, 5) is 2.12. The monoisotopic (exact) mass is 470 g/mol. The van der Waals surface area contributed by atoms with Crippen LogP contribution in [0.4, 0.5) is 0 Å². The Labute approximate surface area is 141 Å². The van der Waals surface area contributed by atoms with Crippen LogP contribution in [0.5, 0.6) is 0 Å². The molecule has 2 aromatic rings. The zero-order chi connectivity index (χ0) is 12.8. The van der Waals surface area contributed by atoms with Crippen molar-refractivity contribution in [2.45, 2.75) is 17.8 Å². The van der Waals surface area contributed by atoms with Crippen LogP contribution in [0.3, 0.4) is 0 Å². The summed E-state index contributed by atoms with van der Waals surface area (Å²) in [6.45, 7) is 1.60. The van der Waals surface area contributed by atoms with Gasteiger partial charge >= 0.3 is 0 Å². The van der Waals surface area contributed by atoms with Crippen molar-refractivity contribution in [3.63, 3.8) is 0 Å². The molecule has 0 aliphatic rings. The number of hydrogen-bond acceptors (Lipinski definition) is 3. The summed E-state index contributed by atoms with van der Waals surface area (Å²) in [5, 5.41) is 0. The van der Waals surface area contributed by atoms with E-state index >= 15 is 0 Å². The Morgan fingerprint density at radius 3 is 1.42 bits per heavy atom. The smallest absolute Gasteiger partial charge is 0.0199 e. The van der Waals surface area contributed by atoms with Crippen LogP contribution in [-0.2, 0) is 60.7 Å². The summed E-state index contributed by atoms with van der Waals surface area (Å²) in [5.74, 6) is 0. The van der Waals surface area contributed by atoms with Crippen molar-refractivity contribution in [2.24, 2.45) is 0 Å². The Morgan fingerprint density at radius 1 is 0.737 bits per heavy atom. The fourth-order valence-electron chi connectivity index (χ4n) is 1.84. The molecule has 0 bridgehead atoms. The Bertz CT molecular complexity index is 421. The first-order valence-electron chi connectivity index (χ1n) is 5.89. The average molecular weight is 470 g/mol. The standard InChI is InChI=1S/C15H17NS2.Au/c17-15(18)16(11-13-7-3-1-4-8-13)12-14-9-5-2-6-10-14;/h1-10,15,17-18H,11-12H2;/p-2. The van der Waals surface area contributed by atoms with Gasteiger partial charge in [-0.25, -0.2) is 4.71 Å². The maximum Gasteiger partial charge on any atom is 0.0199 e. The van der Waals surface area contributed by atoms with E-state index in [1.807, 2.05) is 36.4 Å². The number of nitrogens with zero attached hydrogens (tertiary/aromatic N) is 1. The zero-order valence-corrected chi connectivity index (χ0v) is 14.1. The van der Waals surface area contributed by atoms with E-state index in [1.165, 1.54) is 11.1 Å². The van der Waals surface area contributed by atoms with Crippen molar-refractivity contribution < 1.29 is 22.4 Å². The predicted molar refractivity (Wildman–Crippen MR) is 80.6 cm³/mol. The second-order valence-electron chi connectivity index (χ2n) is 4.18. The molecule has 0 fully saturated rings. The Morgan fingerprint density at radius 2 is 1.11 bits per heavy atom. The molecule has 0 amide bonds. The second kappa shape index (κ2) is 8.90. The minimum atomic E-state index is -0.287. The molecule has 0 saturated carbocycles. The van der Waals surface area contributed by atoms with Gasteiger partial charge in [-0.3, -0.25) is 0 Å². The minimum Gasteiger partial charge on any atom is -0.800 e. The molecule has 2 rings (SSSR count). The molecule has 0 aliphatic carbocycles. The summed E-state index contributed by atoms with van der Waals surface area (Å²) in [6.07, 6.45) is 0. The Kier molecular flexibility index (Phi) is 7.91. The molecule has 0 saturated heterocycles. The summed E-state index contributed by atoms with van der Waals surface area (Å²) < 4.78 is -0.287. The molecule has 0 N–H and O–H groups in total. The van der Waals surface area contributed by atoms with Gasteiger partial charge in [-0.15, -0.1) is 0 Å². The van der Waals surface area contributed by atoms with Gasteiger partial charge in [-0.05, 0) is 11.1 Å². The van der Waals surface area contributed by atoms with Crippen molar-refractivity contribution in [3.8, 4) is 0 Å². The third kappa shape index (κ3) is 5.78. The van der Waals surface area contributed by atoms with Crippen molar-refractivity contribution in [3.05, 3.63) is 71.8 Å². The van der Waals surface area contributed by atoms with Gasteiger partial charge in [-0.2, -0.15) is 0 Å². The maximum absolute atomic E-state index is 5.24. The molecule has 0 unspecified atom stereocenters. The van der Waals surface area contributed by atoms with Gasteiger partial charge in [0.1, 0.15) is 0 Å². The van der Waals surface area contributed by atoms with Gasteiger partial charge < -0.3 is 30.2 Å². The molecular formula is C15H15AuNS2-2. The van der Waals surface area contributed by atoms with Crippen LogP contribution >= 0.6 is 0 Å². The van der Waals surface area contributed by atoms with Gasteiger partial charge in [0.25, 0.3) is 0 Å². The van der Waals surface area contributed by atoms with Crippen LogP contribution in [0, 0.1) is 0 Å². The third-order valence-electron chi connectivity index (χ3n) is 2.76. The van der Waals surface area contributed by atoms with Crippen molar-refractivity contribution in [1.29, 1.82) is 0 Å². The first-order valence-corrected chi connectivity index (χ1v) is 6.83. The molecule has 19 heavy (non-hydrogen) atoms. The van der Waals surface area contributed by atoms with E-state index < -0.39 is 0 Å². The van der Waals surface area contributed by atoms with E-state index in [1.54, 1.807) is 0 Å². The number of hydrogen-bond donors (Lipinski definition) is 0. The van der Waals surface area contributed by atoms with Crippen LogP contribution in [0.1, 0.15) is 11.1 Å². The van der Waals surface area contributed by atoms with E-state index in [2.05, 4.69) is 29.2 Å². The SMILES string of the molecule is [Au].[S-]C([S-])N(Cc1ccccc1)Cc1ccccc1. The molecule has 1 nitrogen and oxygen atoms in total. The van der Waals surface area contributed by atoms with Gasteiger partial charge in [0.15, 0.2) is 0 Å². The van der Waals surface area contributed by atoms with Crippen LogP contribution < -0.4 is 0 Å². The fraction of sp³-hybridized carbons (Fsp3) is 0.200. The van der Waals surface area contributed by atoms with Crippen LogP contribution in [0.2, 0.25) is 0 Å². The molecule has 1 radical (unpaired) electrons. The third-order valence-corrected chi connectivity index (χ3v) is 3.35. The predicted octanol–water partition coefficient (Wildman–Crippen LogP) is 3.06. The second-order valence-corrected chi connectivity index (χ2v) is 5.37. The largest absolute Gasteiger partial charge is 0.800 e. The van der Waals surface area contributed by atoms with E-state index in [4.69, 9.17) is 25.3 Å². The van der Waals surface area contributed by atoms with Crippen molar-refractivity contribution in [2.75, 3.05) is 0 Å². The topological polar surface area (TPSA) is 3.24 Å². The summed E-state index contributed by atoms with van der Waals surface area (Å²) in [5.41, 5.74) is 2.49. The molecule has 0 heterocycles. The molecule has 2 aromatic carbocycles. The van der Waals surface area contributed by atoms with E-state index in [-0.39, 0.29) is 27.1 Å². The number of rotatable bonds is 5. The summed E-state index contributed by atoms with van der Waals surface area (Å²) in [6, 6.07) is 20.6. The Balaban J connectivity index is 0.00000180. The molecule has 0 aromatic heterocycles. The average Bonchev–Trinajstić information content (AvgIpc) is 2.40. The molecule has 0 atom stereocenters. The summed E-state index contributed by atoms with van der Waals surface area (Å²) >= 11 is 10.5. The normalized spacial score (nSPS) is 10.5. The van der Waals surface area contributed by atoms with Gasteiger partial charge in [0, 0.05) is 35.5 Å². The van der Waals surface area contributed by atoms with Crippen molar-refractivity contribution in [1.82, 2.24) is 4.90 Å².